The monoisotopic (exact) mass is 348 g/mol. The van der Waals surface area contributed by atoms with Crippen molar-refractivity contribution in [1.82, 2.24) is 9.29 Å². The van der Waals surface area contributed by atoms with Crippen LogP contribution in [0.3, 0.4) is 0 Å². The number of nitrogens with zero attached hydrogens (tertiary/aromatic N) is 2. The van der Waals surface area contributed by atoms with Crippen LogP contribution >= 0.6 is 0 Å². The molecule has 0 radical (unpaired) electrons. The number of hydrogen-bond acceptors (Lipinski definition) is 5. The van der Waals surface area contributed by atoms with Gasteiger partial charge in [-0.15, -0.1) is 0 Å². The smallest absolute Gasteiger partial charge is 0.255 e. The van der Waals surface area contributed by atoms with E-state index in [-0.39, 0.29) is 17.3 Å². The molecule has 0 aliphatic carbocycles. The number of pyridine rings is 1. The van der Waals surface area contributed by atoms with E-state index < -0.39 is 10.0 Å². The van der Waals surface area contributed by atoms with Crippen LogP contribution in [0.15, 0.2) is 41.4 Å². The third-order valence-corrected chi connectivity index (χ3v) is 5.45. The summed E-state index contributed by atoms with van der Waals surface area (Å²) in [7, 11) is -0.658. The normalized spacial score (nSPS) is 11.5. The van der Waals surface area contributed by atoms with Gasteiger partial charge in [0.1, 0.15) is 0 Å². The van der Waals surface area contributed by atoms with Crippen LogP contribution in [0.2, 0.25) is 0 Å². The standard InChI is InChI=1S/C16H20N4O3S/c1-11-4-5-13(9-15(11)24(22,23)20(2)3)19-16(21)12-6-7-18-14(8-12)10-17/h4-9H,10,17H2,1-3H3,(H,19,21). The second kappa shape index (κ2) is 7.08. The maximum absolute atomic E-state index is 12.3. The molecule has 3 N–H and O–H groups in total. The molecule has 2 aromatic rings. The topological polar surface area (TPSA) is 105 Å². The van der Waals surface area contributed by atoms with Gasteiger partial charge in [0, 0.05) is 38.1 Å². The van der Waals surface area contributed by atoms with Crippen LogP contribution in [0.1, 0.15) is 21.6 Å². The molecule has 0 fully saturated rings. The van der Waals surface area contributed by atoms with Crippen molar-refractivity contribution in [2.24, 2.45) is 5.73 Å². The van der Waals surface area contributed by atoms with Gasteiger partial charge in [0.2, 0.25) is 10.0 Å². The molecule has 0 saturated carbocycles. The Bertz CT molecular complexity index is 863. The molecule has 24 heavy (non-hydrogen) atoms. The number of carbonyl (C=O) groups is 1. The lowest BCUT2D eigenvalue weighted by Crippen LogP contribution is -2.23. The first kappa shape index (κ1) is 18.1. The molecule has 0 atom stereocenters. The van der Waals surface area contributed by atoms with Crippen molar-refractivity contribution in [3.05, 3.63) is 53.3 Å². The zero-order valence-electron chi connectivity index (χ0n) is 13.8. The zero-order valence-corrected chi connectivity index (χ0v) is 14.6. The third-order valence-electron chi connectivity index (χ3n) is 3.49. The highest BCUT2D eigenvalue weighted by molar-refractivity contribution is 7.89. The van der Waals surface area contributed by atoms with Gasteiger partial charge in [0.05, 0.1) is 10.6 Å². The lowest BCUT2D eigenvalue weighted by Gasteiger charge is -2.15. The van der Waals surface area contributed by atoms with Crippen LogP contribution in [-0.2, 0) is 16.6 Å². The minimum atomic E-state index is -3.59. The summed E-state index contributed by atoms with van der Waals surface area (Å²) in [4.78, 5) is 16.5. The van der Waals surface area contributed by atoms with Crippen molar-refractivity contribution in [3.63, 3.8) is 0 Å². The number of nitrogens with two attached hydrogens (primary N) is 1. The number of carbonyl (C=O) groups excluding carboxylic acids is 1. The SMILES string of the molecule is Cc1ccc(NC(=O)c2ccnc(CN)c2)cc1S(=O)(=O)N(C)C. The molecular formula is C16H20N4O3S. The lowest BCUT2D eigenvalue weighted by molar-refractivity contribution is 0.102. The van der Waals surface area contributed by atoms with Crippen LogP contribution in [0, 0.1) is 6.92 Å². The minimum absolute atomic E-state index is 0.155. The van der Waals surface area contributed by atoms with E-state index in [0.29, 0.717) is 22.5 Å². The van der Waals surface area contributed by atoms with E-state index in [1.807, 2.05) is 0 Å². The molecule has 8 heteroatoms. The molecule has 1 amide bonds. The Morgan fingerprint density at radius 1 is 1.25 bits per heavy atom. The van der Waals surface area contributed by atoms with Gasteiger partial charge in [-0.2, -0.15) is 0 Å². The third kappa shape index (κ3) is 3.78. The first-order chi connectivity index (χ1) is 11.3. The largest absolute Gasteiger partial charge is 0.325 e. The highest BCUT2D eigenvalue weighted by atomic mass is 32.2. The maximum Gasteiger partial charge on any atom is 0.255 e. The van der Waals surface area contributed by atoms with Crippen LogP contribution in [0.25, 0.3) is 0 Å². The fraction of sp³-hybridized carbons (Fsp3) is 0.250. The van der Waals surface area contributed by atoms with E-state index >= 15 is 0 Å². The van der Waals surface area contributed by atoms with Gasteiger partial charge in [-0.25, -0.2) is 12.7 Å². The summed E-state index contributed by atoms with van der Waals surface area (Å²) in [6, 6.07) is 7.94. The number of benzene rings is 1. The minimum Gasteiger partial charge on any atom is -0.325 e. The Labute approximate surface area is 141 Å². The van der Waals surface area contributed by atoms with Gasteiger partial charge in [-0.3, -0.25) is 9.78 Å². The van der Waals surface area contributed by atoms with Crippen molar-refractivity contribution in [1.29, 1.82) is 0 Å². The number of aryl methyl sites for hydroxylation is 1. The number of anilines is 1. The van der Waals surface area contributed by atoms with Crippen molar-refractivity contribution in [3.8, 4) is 0 Å². The fourth-order valence-corrected chi connectivity index (χ4v) is 3.23. The van der Waals surface area contributed by atoms with Gasteiger partial charge in [0.25, 0.3) is 5.91 Å². The van der Waals surface area contributed by atoms with Crippen LogP contribution < -0.4 is 11.1 Å². The number of amides is 1. The van der Waals surface area contributed by atoms with Gasteiger partial charge >= 0.3 is 0 Å². The zero-order chi connectivity index (χ0) is 17.9. The van der Waals surface area contributed by atoms with Crippen LogP contribution in [-0.4, -0.2) is 37.7 Å². The Balaban J connectivity index is 2.32. The Morgan fingerprint density at radius 2 is 1.96 bits per heavy atom. The summed E-state index contributed by atoms with van der Waals surface area (Å²) in [5.41, 5.74) is 7.53. The number of sulfonamides is 1. The number of hydrogen-bond donors (Lipinski definition) is 2. The summed E-state index contributed by atoms with van der Waals surface area (Å²) in [6.07, 6.45) is 1.51. The van der Waals surface area contributed by atoms with Crippen molar-refractivity contribution < 1.29 is 13.2 Å². The van der Waals surface area contributed by atoms with Gasteiger partial charge in [0.15, 0.2) is 0 Å². The van der Waals surface area contributed by atoms with Gasteiger partial charge < -0.3 is 11.1 Å². The molecule has 0 aliphatic rings. The Kier molecular flexibility index (Phi) is 5.33. The predicted octanol–water partition coefficient (Wildman–Crippen LogP) is 1.35. The molecule has 0 saturated heterocycles. The number of rotatable bonds is 5. The molecule has 0 aliphatic heterocycles. The molecule has 128 valence electrons. The number of aromatic nitrogens is 1. The molecular weight excluding hydrogens is 328 g/mol. The van der Waals surface area contributed by atoms with E-state index in [4.69, 9.17) is 5.73 Å². The molecule has 1 aromatic heterocycles. The average Bonchev–Trinajstić information content (AvgIpc) is 2.56. The summed E-state index contributed by atoms with van der Waals surface area (Å²) in [6.45, 7) is 1.94. The van der Waals surface area contributed by atoms with E-state index in [1.54, 1.807) is 31.2 Å². The van der Waals surface area contributed by atoms with E-state index in [0.717, 1.165) is 4.31 Å². The summed E-state index contributed by atoms with van der Waals surface area (Å²) >= 11 is 0. The molecule has 7 nitrogen and oxygen atoms in total. The lowest BCUT2D eigenvalue weighted by atomic mass is 10.2. The molecule has 1 heterocycles. The van der Waals surface area contributed by atoms with Gasteiger partial charge in [-0.1, -0.05) is 6.07 Å². The summed E-state index contributed by atoms with van der Waals surface area (Å²) < 4.78 is 25.8. The molecule has 2 rings (SSSR count). The highest BCUT2D eigenvalue weighted by Gasteiger charge is 2.20. The second-order valence-electron chi connectivity index (χ2n) is 5.46. The predicted molar refractivity (Wildman–Crippen MR) is 92.1 cm³/mol. The van der Waals surface area contributed by atoms with Crippen molar-refractivity contribution >= 4 is 21.6 Å². The van der Waals surface area contributed by atoms with Crippen LogP contribution in [0.4, 0.5) is 5.69 Å². The van der Waals surface area contributed by atoms with Crippen LogP contribution in [0.5, 0.6) is 0 Å². The maximum atomic E-state index is 12.3. The highest BCUT2D eigenvalue weighted by Crippen LogP contribution is 2.22. The van der Waals surface area contributed by atoms with E-state index in [1.165, 1.54) is 26.4 Å². The van der Waals surface area contributed by atoms with E-state index in [2.05, 4.69) is 10.3 Å². The van der Waals surface area contributed by atoms with Crippen molar-refractivity contribution in [2.45, 2.75) is 18.4 Å². The molecule has 0 spiro atoms. The number of nitrogens with one attached hydrogen (secondary N) is 1. The Hall–Kier alpha value is -2.29. The Morgan fingerprint density at radius 3 is 2.58 bits per heavy atom. The first-order valence-corrected chi connectivity index (χ1v) is 8.69. The molecule has 0 unspecified atom stereocenters. The first-order valence-electron chi connectivity index (χ1n) is 7.25. The second-order valence-corrected chi connectivity index (χ2v) is 7.58. The summed E-state index contributed by atoms with van der Waals surface area (Å²) in [5, 5.41) is 2.70. The van der Waals surface area contributed by atoms with E-state index in [9.17, 15) is 13.2 Å². The van der Waals surface area contributed by atoms with Gasteiger partial charge in [-0.05, 0) is 36.8 Å². The average molecular weight is 348 g/mol. The summed E-state index contributed by atoms with van der Waals surface area (Å²) in [5.74, 6) is -0.357. The fourth-order valence-electron chi connectivity index (χ4n) is 2.09. The molecule has 1 aromatic carbocycles. The van der Waals surface area contributed by atoms with Crippen molar-refractivity contribution in [2.75, 3.05) is 19.4 Å². The molecule has 0 bridgehead atoms. The quantitative estimate of drug-likeness (QED) is 0.848.